The number of benzene rings is 2. The molecule has 0 aliphatic carbocycles. The Bertz CT molecular complexity index is 984. The van der Waals surface area contributed by atoms with E-state index in [0.717, 1.165) is 5.56 Å². The third-order valence-electron chi connectivity index (χ3n) is 4.37. The van der Waals surface area contributed by atoms with Crippen molar-refractivity contribution in [3.05, 3.63) is 88.1 Å². The largest absolute Gasteiger partial charge is 0.497 e. The van der Waals surface area contributed by atoms with E-state index in [1.807, 2.05) is 30.3 Å². The molecule has 3 rings (SSSR count). The predicted octanol–water partition coefficient (Wildman–Crippen LogP) is 3.52. The minimum atomic E-state index is -0.911. The third kappa shape index (κ3) is 5.78. The van der Waals surface area contributed by atoms with Crippen molar-refractivity contribution in [1.82, 2.24) is 5.32 Å². The van der Waals surface area contributed by atoms with Crippen LogP contribution in [0.25, 0.3) is 0 Å². The van der Waals surface area contributed by atoms with Crippen molar-refractivity contribution in [2.75, 3.05) is 13.7 Å². The number of amides is 1. The second-order valence-corrected chi connectivity index (χ2v) is 7.40. The first-order valence-electron chi connectivity index (χ1n) is 9.29. The summed E-state index contributed by atoms with van der Waals surface area (Å²) in [7, 11) is 1.54. The van der Waals surface area contributed by atoms with Gasteiger partial charge in [0.05, 0.1) is 12.0 Å². The number of hydrogen-bond donors (Lipinski definition) is 1. The fourth-order valence-corrected chi connectivity index (χ4v) is 3.40. The van der Waals surface area contributed by atoms with Gasteiger partial charge in [-0.3, -0.25) is 9.59 Å². The molecular weight excluding hydrogens is 402 g/mol. The zero-order chi connectivity index (χ0) is 21.3. The molecular formula is C23H21NO5S. The number of carbonyl (C=O) groups is 3. The molecule has 3 aromatic rings. The van der Waals surface area contributed by atoms with Crippen LogP contribution >= 0.6 is 11.3 Å². The van der Waals surface area contributed by atoms with Crippen molar-refractivity contribution in [3.63, 3.8) is 0 Å². The number of ether oxygens (including phenoxy) is 2. The van der Waals surface area contributed by atoms with Gasteiger partial charge in [0.1, 0.15) is 11.8 Å². The lowest BCUT2D eigenvalue weighted by atomic mass is 10.1. The van der Waals surface area contributed by atoms with Gasteiger partial charge in [-0.1, -0.05) is 36.4 Å². The molecule has 154 valence electrons. The van der Waals surface area contributed by atoms with E-state index in [-0.39, 0.29) is 18.1 Å². The van der Waals surface area contributed by atoms with Gasteiger partial charge in [-0.15, -0.1) is 11.3 Å². The van der Waals surface area contributed by atoms with Gasteiger partial charge in [0.25, 0.3) is 5.91 Å². The molecule has 1 aromatic heterocycles. The quantitative estimate of drug-likeness (QED) is 0.421. The van der Waals surface area contributed by atoms with Crippen molar-refractivity contribution < 1.29 is 23.9 Å². The number of methoxy groups -OCH3 is 1. The number of nitrogens with one attached hydrogen (secondary N) is 1. The fraction of sp³-hybridized carbons (Fsp3) is 0.174. The molecule has 6 nitrogen and oxygen atoms in total. The first-order valence-corrected chi connectivity index (χ1v) is 10.2. The molecule has 0 fully saturated rings. The topological polar surface area (TPSA) is 81.7 Å². The lowest BCUT2D eigenvalue weighted by molar-refractivity contribution is -0.144. The maximum Gasteiger partial charge on any atom is 0.329 e. The van der Waals surface area contributed by atoms with E-state index in [1.54, 1.807) is 41.8 Å². The summed E-state index contributed by atoms with van der Waals surface area (Å²) in [4.78, 5) is 38.0. The Kier molecular flexibility index (Phi) is 7.34. The summed E-state index contributed by atoms with van der Waals surface area (Å²) in [5, 5.41) is 4.50. The van der Waals surface area contributed by atoms with Crippen LogP contribution in [0, 0.1) is 0 Å². The monoisotopic (exact) mass is 423 g/mol. The molecule has 30 heavy (non-hydrogen) atoms. The SMILES string of the molecule is COc1ccc(C(=O)COC(=O)[C@@H](Cc2ccccc2)NC(=O)c2cccs2)cc1. The minimum Gasteiger partial charge on any atom is -0.497 e. The number of esters is 1. The smallest absolute Gasteiger partial charge is 0.329 e. The van der Waals surface area contributed by atoms with Crippen molar-refractivity contribution in [1.29, 1.82) is 0 Å². The van der Waals surface area contributed by atoms with Gasteiger partial charge in [-0.25, -0.2) is 4.79 Å². The summed E-state index contributed by atoms with van der Waals surface area (Å²) in [6.07, 6.45) is 0.257. The highest BCUT2D eigenvalue weighted by atomic mass is 32.1. The Labute approximate surface area is 178 Å². The summed E-state index contributed by atoms with van der Waals surface area (Å²) >= 11 is 1.28. The summed E-state index contributed by atoms with van der Waals surface area (Å²) in [5.41, 5.74) is 1.28. The minimum absolute atomic E-state index is 0.257. The van der Waals surface area contributed by atoms with Gasteiger partial charge in [-0.05, 0) is 41.3 Å². The average molecular weight is 423 g/mol. The van der Waals surface area contributed by atoms with Gasteiger partial charge >= 0.3 is 5.97 Å². The van der Waals surface area contributed by atoms with Crippen molar-refractivity contribution >= 4 is 29.0 Å². The van der Waals surface area contributed by atoms with Crippen LogP contribution in [0.15, 0.2) is 72.1 Å². The number of carbonyl (C=O) groups excluding carboxylic acids is 3. The lowest BCUT2D eigenvalue weighted by Crippen LogP contribution is -2.43. The number of ketones is 1. The molecule has 0 saturated heterocycles. The van der Waals surface area contributed by atoms with Crippen LogP contribution in [-0.4, -0.2) is 37.4 Å². The van der Waals surface area contributed by atoms with Crippen LogP contribution in [0.5, 0.6) is 5.75 Å². The van der Waals surface area contributed by atoms with Gasteiger partial charge in [0.15, 0.2) is 12.4 Å². The Morgan fingerprint density at radius 2 is 1.70 bits per heavy atom. The molecule has 2 aromatic carbocycles. The molecule has 0 bridgehead atoms. The maximum absolute atomic E-state index is 12.7. The Morgan fingerprint density at radius 1 is 0.967 bits per heavy atom. The Hall–Kier alpha value is -3.45. The first kappa shape index (κ1) is 21.3. The van der Waals surface area contributed by atoms with E-state index in [2.05, 4.69) is 5.32 Å². The molecule has 0 radical (unpaired) electrons. The Balaban J connectivity index is 1.65. The highest BCUT2D eigenvalue weighted by Crippen LogP contribution is 2.13. The molecule has 0 saturated carbocycles. The second-order valence-electron chi connectivity index (χ2n) is 6.45. The van der Waals surface area contributed by atoms with E-state index in [0.29, 0.717) is 16.2 Å². The highest BCUT2D eigenvalue weighted by Gasteiger charge is 2.24. The van der Waals surface area contributed by atoms with Gasteiger partial charge in [0.2, 0.25) is 0 Å². The van der Waals surface area contributed by atoms with E-state index >= 15 is 0 Å². The third-order valence-corrected chi connectivity index (χ3v) is 5.24. The predicted molar refractivity (Wildman–Crippen MR) is 114 cm³/mol. The summed E-state index contributed by atoms with van der Waals surface area (Å²) in [5.74, 6) is -0.730. The number of hydrogen-bond acceptors (Lipinski definition) is 6. The van der Waals surface area contributed by atoms with Crippen LogP contribution in [0.3, 0.4) is 0 Å². The van der Waals surface area contributed by atoms with Crippen molar-refractivity contribution in [3.8, 4) is 5.75 Å². The lowest BCUT2D eigenvalue weighted by Gasteiger charge is -2.17. The summed E-state index contributed by atoms with van der Waals surface area (Å²) in [6, 6.07) is 18.4. The standard InChI is InChI=1S/C23H21NO5S/c1-28-18-11-9-17(10-12-18)20(25)15-29-23(27)19(14-16-6-3-2-4-7-16)24-22(26)21-8-5-13-30-21/h2-13,19H,14-15H2,1H3,(H,24,26)/t19-/m1/s1. The highest BCUT2D eigenvalue weighted by molar-refractivity contribution is 7.12. The van der Waals surface area contributed by atoms with Gasteiger partial charge < -0.3 is 14.8 Å². The molecule has 1 atom stereocenters. The second kappa shape index (κ2) is 10.4. The van der Waals surface area contributed by atoms with Crippen LogP contribution in [0.4, 0.5) is 0 Å². The molecule has 0 aliphatic rings. The molecule has 0 spiro atoms. The number of rotatable bonds is 9. The fourth-order valence-electron chi connectivity index (χ4n) is 2.78. The van der Waals surface area contributed by atoms with Crippen molar-refractivity contribution in [2.45, 2.75) is 12.5 Å². The average Bonchev–Trinajstić information content (AvgIpc) is 3.32. The normalized spacial score (nSPS) is 11.4. The van der Waals surface area contributed by atoms with Crippen LogP contribution in [0.1, 0.15) is 25.6 Å². The summed E-state index contributed by atoms with van der Waals surface area (Å²) in [6.45, 7) is -0.411. The zero-order valence-electron chi connectivity index (χ0n) is 16.4. The molecule has 7 heteroatoms. The molecule has 0 unspecified atom stereocenters. The van der Waals surface area contributed by atoms with Crippen LogP contribution in [0.2, 0.25) is 0 Å². The van der Waals surface area contributed by atoms with E-state index < -0.39 is 18.6 Å². The van der Waals surface area contributed by atoms with E-state index in [9.17, 15) is 14.4 Å². The van der Waals surface area contributed by atoms with Gasteiger partial charge in [-0.2, -0.15) is 0 Å². The molecule has 1 heterocycles. The molecule has 0 aliphatic heterocycles. The molecule has 1 N–H and O–H groups in total. The Morgan fingerprint density at radius 3 is 2.33 bits per heavy atom. The first-order chi connectivity index (χ1) is 14.6. The van der Waals surface area contributed by atoms with Crippen molar-refractivity contribution in [2.24, 2.45) is 0 Å². The van der Waals surface area contributed by atoms with E-state index in [1.165, 1.54) is 18.4 Å². The summed E-state index contributed by atoms with van der Waals surface area (Å²) < 4.78 is 10.3. The number of thiophene rings is 1. The van der Waals surface area contributed by atoms with E-state index in [4.69, 9.17) is 9.47 Å². The maximum atomic E-state index is 12.7. The number of Topliss-reactive ketones (excluding diaryl/α,β-unsaturated/α-hetero) is 1. The molecule has 1 amide bonds. The van der Waals surface area contributed by atoms with Crippen LogP contribution in [-0.2, 0) is 16.0 Å². The van der Waals surface area contributed by atoms with Crippen LogP contribution < -0.4 is 10.1 Å². The zero-order valence-corrected chi connectivity index (χ0v) is 17.2. The van der Waals surface area contributed by atoms with Gasteiger partial charge in [0, 0.05) is 12.0 Å².